The molecule has 13 nitrogen and oxygen atoms in total. The maximum Gasteiger partial charge on any atom is 0.335 e. The highest BCUT2D eigenvalue weighted by Crippen LogP contribution is 2.29. The Hall–Kier alpha value is -1.68. The number of carboxylic acids is 1. The van der Waals surface area contributed by atoms with Crippen LogP contribution in [0.1, 0.15) is 19.8 Å². The molecule has 2 aliphatic heterocycles. The van der Waals surface area contributed by atoms with Crippen molar-refractivity contribution < 1.29 is 59.2 Å². The predicted molar refractivity (Wildman–Crippen MR) is 104 cm³/mol. The molecule has 184 valence electrons. The van der Waals surface area contributed by atoms with Gasteiger partial charge < -0.3 is 54.9 Å². The van der Waals surface area contributed by atoms with Crippen LogP contribution in [0.3, 0.4) is 0 Å². The Bertz CT molecular complexity index is 648. The van der Waals surface area contributed by atoms with Crippen molar-refractivity contribution in [2.45, 2.75) is 81.1 Å². The van der Waals surface area contributed by atoms with Crippen LogP contribution in [0.15, 0.2) is 12.7 Å². The SMILES string of the molecule is C=CCCCO[C@@H]1OC(CO)[C@H](O[C@@H]2OC(C(=O)O)[C@H](O)[C@H](O)C2O)[C@H](O)C1NC(C)=O. The third-order valence-electron chi connectivity index (χ3n) is 5.16. The van der Waals surface area contributed by atoms with E-state index in [1.54, 1.807) is 6.08 Å². The number of rotatable bonds is 10. The zero-order chi connectivity index (χ0) is 24.0. The molecule has 13 heteroatoms. The number of aliphatic carboxylic acids is 1. The second-order valence-electron chi connectivity index (χ2n) is 7.58. The van der Waals surface area contributed by atoms with E-state index < -0.39 is 79.8 Å². The molecule has 2 aliphatic rings. The van der Waals surface area contributed by atoms with Crippen molar-refractivity contribution in [3.63, 3.8) is 0 Å². The monoisotopic (exact) mass is 465 g/mol. The van der Waals surface area contributed by atoms with Gasteiger partial charge in [-0.15, -0.1) is 6.58 Å². The van der Waals surface area contributed by atoms with Gasteiger partial charge in [0.15, 0.2) is 18.7 Å². The summed E-state index contributed by atoms with van der Waals surface area (Å²) in [6.45, 7) is 4.34. The van der Waals surface area contributed by atoms with Crippen molar-refractivity contribution >= 4 is 11.9 Å². The molecule has 0 radical (unpaired) electrons. The number of nitrogens with one attached hydrogen (secondary N) is 1. The van der Waals surface area contributed by atoms with E-state index in [1.165, 1.54) is 6.92 Å². The first-order chi connectivity index (χ1) is 15.1. The lowest BCUT2D eigenvalue weighted by molar-refractivity contribution is -0.343. The largest absolute Gasteiger partial charge is 0.479 e. The number of carbonyl (C=O) groups is 2. The van der Waals surface area contributed by atoms with Crippen LogP contribution < -0.4 is 5.32 Å². The quantitative estimate of drug-likeness (QED) is 0.126. The Morgan fingerprint density at radius 1 is 1.06 bits per heavy atom. The number of carbonyl (C=O) groups excluding carboxylic acids is 1. The summed E-state index contributed by atoms with van der Waals surface area (Å²) < 4.78 is 21.8. The summed E-state index contributed by atoms with van der Waals surface area (Å²) >= 11 is 0. The third-order valence-corrected chi connectivity index (χ3v) is 5.16. The van der Waals surface area contributed by atoms with E-state index >= 15 is 0 Å². The minimum Gasteiger partial charge on any atom is -0.479 e. The van der Waals surface area contributed by atoms with Crippen LogP contribution in [0.4, 0.5) is 0 Å². The first-order valence-electron chi connectivity index (χ1n) is 10.1. The topological polar surface area (TPSA) is 204 Å². The van der Waals surface area contributed by atoms with Crippen LogP contribution in [0.2, 0.25) is 0 Å². The molecule has 0 aromatic carbocycles. The number of ether oxygens (including phenoxy) is 4. The fraction of sp³-hybridized carbons (Fsp3) is 0.789. The number of aliphatic hydroxyl groups excluding tert-OH is 5. The van der Waals surface area contributed by atoms with E-state index in [-0.39, 0.29) is 6.61 Å². The molecule has 2 heterocycles. The van der Waals surface area contributed by atoms with Crippen molar-refractivity contribution in [2.75, 3.05) is 13.2 Å². The Morgan fingerprint density at radius 2 is 1.75 bits per heavy atom. The number of hydrogen-bond donors (Lipinski definition) is 7. The Labute approximate surface area is 184 Å². The summed E-state index contributed by atoms with van der Waals surface area (Å²) in [7, 11) is 0. The minimum absolute atomic E-state index is 0.206. The zero-order valence-electron chi connectivity index (χ0n) is 17.5. The average molecular weight is 465 g/mol. The Kier molecular flexibility index (Phi) is 9.94. The minimum atomic E-state index is -1.93. The van der Waals surface area contributed by atoms with Crippen molar-refractivity contribution in [2.24, 2.45) is 0 Å². The standard InChI is InChI=1S/C19H31NO12/c1-3-4-5-6-29-18-10(20-8(2)22)11(23)15(9(7-21)30-18)31-19-14(26)12(24)13(25)16(32-19)17(27)28/h3,9-16,18-19,21,23-26H,1,4-7H2,2H3,(H,20,22)(H,27,28)/t9?,10?,11-,12+,13-,14?,15+,16?,18-,19-/m1/s1. The maximum atomic E-state index is 11.6. The molecule has 1 amide bonds. The number of hydrogen-bond acceptors (Lipinski definition) is 11. The van der Waals surface area contributed by atoms with Gasteiger partial charge in [-0.1, -0.05) is 6.08 Å². The van der Waals surface area contributed by atoms with Crippen molar-refractivity contribution in [1.29, 1.82) is 0 Å². The van der Waals surface area contributed by atoms with Gasteiger partial charge in [-0.25, -0.2) is 4.79 Å². The lowest BCUT2D eigenvalue weighted by Crippen LogP contribution is -2.67. The molecule has 0 aliphatic carbocycles. The first-order valence-corrected chi connectivity index (χ1v) is 10.1. The molecule has 2 rings (SSSR count). The highest BCUT2D eigenvalue weighted by molar-refractivity contribution is 5.73. The summed E-state index contributed by atoms with van der Waals surface area (Å²) in [5.74, 6) is -2.13. The Morgan fingerprint density at radius 3 is 2.31 bits per heavy atom. The molecule has 0 bridgehead atoms. The normalized spacial score (nSPS) is 39.9. The second-order valence-corrected chi connectivity index (χ2v) is 7.58. The Balaban J connectivity index is 2.19. The molecule has 7 N–H and O–H groups in total. The third kappa shape index (κ3) is 6.21. The van der Waals surface area contributed by atoms with Crippen molar-refractivity contribution in [3.8, 4) is 0 Å². The van der Waals surface area contributed by atoms with Gasteiger partial charge in [-0.3, -0.25) is 4.79 Å². The van der Waals surface area contributed by atoms with Gasteiger partial charge in [0.25, 0.3) is 0 Å². The van der Waals surface area contributed by atoms with Crippen LogP contribution in [-0.2, 0) is 28.5 Å². The number of aliphatic hydroxyl groups is 5. The first kappa shape index (κ1) is 26.6. The van der Waals surface area contributed by atoms with Crippen LogP contribution in [0, 0.1) is 0 Å². The molecule has 0 saturated carbocycles. The van der Waals surface area contributed by atoms with E-state index in [0.717, 1.165) is 0 Å². The molecule has 0 spiro atoms. The summed E-state index contributed by atoms with van der Waals surface area (Å²) in [5, 5.41) is 62.2. The molecule has 4 unspecified atom stereocenters. The summed E-state index contributed by atoms with van der Waals surface area (Å²) in [6.07, 6.45) is -11.8. The zero-order valence-corrected chi connectivity index (χ0v) is 17.5. The maximum absolute atomic E-state index is 11.6. The number of unbranched alkanes of at least 4 members (excludes halogenated alkanes) is 1. The van der Waals surface area contributed by atoms with E-state index in [9.17, 15) is 35.1 Å². The average Bonchev–Trinajstić information content (AvgIpc) is 2.74. The van der Waals surface area contributed by atoms with Gasteiger partial charge in [0.1, 0.15) is 42.7 Å². The second kappa shape index (κ2) is 12.0. The van der Waals surface area contributed by atoms with Crippen LogP contribution in [-0.4, -0.2) is 117 Å². The van der Waals surface area contributed by atoms with E-state index in [1.807, 2.05) is 0 Å². The molecule has 10 atom stereocenters. The molecule has 2 fully saturated rings. The molecule has 32 heavy (non-hydrogen) atoms. The van der Waals surface area contributed by atoms with Crippen molar-refractivity contribution in [1.82, 2.24) is 5.32 Å². The summed E-state index contributed by atoms with van der Waals surface area (Å²) in [6, 6.07) is -1.14. The van der Waals surface area contributed by atoms with Gasteiger partial charge in [-0.05, 0) is 12.8 Å². The van der Waals surface area contributed by atoms with E-state index in [2.05, 4.69) is 11.9 Å². The molecule has 0 aromatic heterocycles. The molecular weight excluding hydrogens is 434 g/mol. The van der Waals surface area contributed by atoms with Crippen LogP contribution >= 0.6 is 0 Å². The van der Waals surface area contributed by atoms with Crippen molar-refractivity contribution in [3.05, 3.63) is 12.7 Å². The highest BCUT2D eigenvalue weighted by atomic mass is 16.7. The molecular formula is C19H31NO12. The molecule has 2 saturated heterocycles. The lowest BCUT2D eigenvalue weighted by Gasteiger charge is -2.46. The summed E-state index contributed by atoms with van der Waals surface area (Å²) in [4.78, 5) is 22.9. The van der Waals surface area contributed by atoms with Gasteiger partial charge in [0, 0.05) is 6.92 Å². The fourth-order valence-corrected chi connectivity index (χ4v) is 3.51. The van der Waals surface area contributed by atoms with Gasteiger partial charge in [0.2, 0.25) is 5.91 Å². The van der Waals surface area contributed by atoms with Gasteiger partial charge in [0.05, 0.1) is 13.2 Å². The van der Waals surface area contributed by atoms with Gasteiger partial charge in [-0.2, -0.15) is 0 Å². The van der Waals surface area contributed by atoms with Crippen LogP contribution in [0.5, 0.6) is 0 Å². The number of allylic oxidation sites excluding steroid dienone is 1. The van der Waals surface area contributed by atoms with Gasteiger partial charge >= 0.3 is 5.97 Å². The van der Waals surface area contributed by atoms with Crippen LogP contribution in [0.25, 0.3) is 0 Å². The lowest BCUT2D eigenvalue weighted by atomic mass is 9.95. The van der Waals surface area contributed by atoms with E-state index in [0.29, 0.717) is 12.8 Å². The predicted octanol–water partition coefficient (Wildman–Crippen LogP) is -3.17. The van der Waals surface area contributed by atoms with E-state index in [4.69, 9.17) is 24.1 Å². The number of amides is 1. The highest BCUT2D eigenvalue weighted by Gasteiger charge is 2.52. The fourth-order valence-electron chi connectivity index (χ4n) is 3.51. The molecule has 0 aromatic rings. The smallest absolute Gasteiger partial charge is 0.335 e. The number of carboxylic acid groups (broad SMARTS) is 1. The summed E-state index contributed by atoms with van der Waals surface area (Å²) in [5.41, 5.74) is 0.